The van der Waals surface area contributed by atoms with Gasteiger partial charge in [0.25, 0.3) is 0 Å². The Kier molecular flexibility index (Phi) is 6.16. The predicted molar refractivity (Wildman–Crippen MR) is 79.9 cm³/mol. The number of hydrogen-bond donors (Lipinski definition) is 2. The molecule has 1 amide bonds. The maximum Gasteiger partial charge on any atom is 0.307 e. The van der Waals surface area contributed by atoms with Crippen LogP contribution < -0.4 is 11.1 Å². The van der Waals surface area contributed by atoms with Crippen LogP contribution in [0.1, 0.15) is 25.8 Å². The van der Waals surface area contributed by atoms with Gasteiger partial charge in [0, 0.05) is 11.0 Å². The number of esters is 1. The summed E-state index contributed by atoms with van der Waals surface area (Å²) >= 11 is 3.33. The molecule has 0 saturated heterocycles. The summed E-state index contributed by atoms with van der Waals surface area (Å²) in [5, 5.41) is 2.65. The van der Waals surface area contributed by atoms with Gasteiger partial charge in [-0.1, -0.05) is 28.1 Å². The minimum Gasteiger partial charge on any atom is -0.466 e. The minimum absolute atomic E-state index is 0.135. The summed E-state index contributed by atoms with van der Waals surface area (Å²) in [5.74, 6) is -0.667. The summed E-state index contributed by atoms with van der Waals surface area (Å²) in [6.45, 7) is 3.91. The quantitative estimate of drug-likeness (QED) is 0.771. The summed E-state index contributed by atoms with van der Waals surface area (Å²) in [5.41, 5.74) is 5.62. The standard InChI is InChI=1S/C14H19BrN2O3/c1-3-20-12(18)8-9-17-13(19)14(2,16)10-4-6-11(15)7-5-10/h4-7H,3,8-9,16H2,1-2H3,(H,17,19). The molecule has 1 aromatic rings. The van der Waals surface area contributed by atoms with Crippen LogP contribution in [-0.4, -0.2) is 25.0 Å². The SMILES string of the molecule is CCOC(=O)CCNC(=O)C(C)(N)c1ccc(Br)cc1. The lowest BCUT2D eigenvalue weighted by atomic mass is 9.92. The Labute approximate surface area is 127 Å². The maximum atomic E-state index is 12.1. The van der Waals surface area contributed by atoms with Crippen molar-refractivity contribution in [3.8, 4) is 0 Å². The molecule has 0 saturated carbocycles. The van der Waals surface area contributed by atoms with Crippen molar-refractivity contribution in [2.45, 2.75) is 25.8 Å². The molecule has 1 rings (SSSR count). The van der Waals surface area contributed by atoms with E-state index in [1.807, 2.05) is 12.1 Å². The lowest BCUT2D eigenvalue weighted by molar-refractivity contribution is -0.143. The first kappa shape index (κ1) is 16.7. The molecule has 3 N–H and O–H groups in total. The fraction of sp³-hybridized carbons (Fsp3) is 0.429. The van der Waals surface area contributed by atoms with Crippen molar-refractivity contribution in [2.24, 2.45) is 5.73 Å². The third-order valence-corrected chi connectivity index (χ3v) is 3.36. The summed E-state index contributed by atoms with van der Waals surface area (Å²) < 4.78 is 5.70. The van der Waals surface area contributed by atoms with Crippen molar-refractivity contribution in [3.63, 3.8) is 0 Å². The molecule has 20 heavy (non-hydrogen) atoms. The summed E-state index contributed by atoms with van der Waals surface area (Å²) in [7, 11) is 0. The van der Waals surface area contributed by atoms with Gasteiger partial charge in [0.2, 0.25) is 5.91 Å². The van der Waals surface area contributed by atoms with Crippen LogP contribution in [0.15, 0.2) is 28.7 Å². The first-order valence-electron chi connectivity index (χ1n) is 6.36. The second-order valence-corrected chi connectivity index (χ2v) is 5.44. The van der Waals surface area contributed by atoms with Crippen molar-refractivity contribution in [1.82, 2.24) is 5.32 Å². The average molecular weight is 343 g/mol. The minimum atomic E-state index is -1.14. The van der Waals surface area contributed by atoms with Crippen LogP contribution in [0, 0.1) is 0 Å². The van der Waals surface area contributed by atoms with Crippen molar-refractivity contribution >= 4 is 27.8 Å². The molecule has 0 aromatic heterocycles. The molecule has 0 spiro atoms. The molecule has 110 valence electrons. The molecule has 0 heterocycles. The molecule has 0 radical (unpaired) electrons. The molecule has 6 heteroatoms. The van der Waals surface area contributed by atoms with E-state index in [1.165, 1.54) is 0 Å². The van der Waals surface area contributed by atoms with E-state index in [0.29, 0.717) is 12.2 Å². The second-order valence-electron chi connectivity index (χ2n) is 4.52. The van der Waals surface area contributed by atoms with Crippen LogP contribution in [-0.2, 0) is 19.9 Å². The number of carbonyl (C=O) groups is 2. The molecule has 0 aliphatic rings. The van der Waals surface area contributed by atoms with Crippen LogP contribution in [0.25, 0.3) is 0 Å². The Morgan fingerprint density at radius 2 is 1.95 bits per heavy atom. The van der Waals surface area contributed by atoms with Crippen molar-refractivity contribution < 1.29 is 14.3 Å². The molecule has 0 aliphatic carbocycles. The molecule has 5 nitrogen and oxygen atoms in total. The summed E-state index contributed by atoms with van der Waals surface area (Å²) in [6.07, 6.45) is 0.135. The molecule has 1 aromatic carbocycles. The smallest absolute Gasteiger partial charge is 0.307 e. The van der Waals surface area contributed by atoms with Gasteiger partial charge in [0.05, 0.1) is 13.0 Å². The highest BCUT2D eigenvalue weighted by Crippen LogP contribution is 2.20. The van der Waals surface area contributed by atoms with Gasteiger partial charge in [0.1, 0.15) is 5.54 Å². The average Bonchev–Trinajstić information content (AvgIpc) is 2.39. The normalized spacial score (nSPS) is 13.4. The van der Waals surface area contributed by atoms with E-state index < -0.39 is 5.54 Å². The van der Waals surface area contributed by atoms with E-state index in [-0.39, 0.29) is 24.8 Å². The summed E-state index contributed by atoms with van der Waals surface area (Å²) in [4.78, 5) is 23.3. The molecule has 0 fully saturated rings. The van der Waals surface area contributed by atoms with Gasteiger partial charge in [-0.2, -0.15) is 0 Å². The van der Waals surface area contributed by atoms with Crippen molar-refractivity contribution in [3.05, 3.63) is 34.3 Å². The molecule has 1 atom stereocenters. The zero-order chi connectivity index (χ0) is 15.2. The van der Waals surface area contributed by atoms with Gasteiger partial charge < -0.3 is 15.8 Å². The first-order chi connectivity index (χ1) is 9.37. The Balaban J connectivity index is 2.57. The highest BCUT2D eigenvalue weighted by molar-refractivity contribution is 9.10. The summed E-state index contributed by atoms with van der Waals surface area (Å²) in [6, 6.07) is 7.22. The third kappa shape index (κ3) is 4.61. The van der Waals surface area contributed by atoms with Crippen LogP contribution in [0.4, 0.5) is 0 Å². The van der Waals surface area contributed by atoms with Gasteiger partial charge in [-0.3, -0.25) is 9.59 Å². The van der Waals surface area contributed by atoms with Crippen molar-refractivity contribution in [1.29, 1.82) is 0 Å². The van der Waals surface area contributed by atoms with Crippen LogP contribution in [0.5, 0.6) is 0 Å². The lowest BCUT2D eigenvalue weighted by Crippen LogP contribution is -2.49. The Morgan fingerprint density at radius 3 is 2.50 bits per heavy atom. The Hall–Kier alpha value is -1.40. The fourth-order valence-electron chi connectivity index (χ4n) is 1.62. The van der Waals surface area contributed by atoms with Gasteiger partial charge in [-0.15, -0.1) is 0 Å². The van der Waals surface area contributed by atoms with Gasteiger partial charge in [-0.25, -0.2) is 0 Å². The van der Waals surface area contributed by atoms with Crippen LogP contribution in [0.2, 0.25) is 0 Å². The van der Waals surface area contributed by atoms with E-state index >= 15 is 0 Å². The Morgan fingerprint density at radius 1 is 1.35 bits per heavy atom. The molecule has 0 bridgehead atoms. The van der Waals surface area contributed by atoms with E-state index in [0.717, 1.165) is 4.47 Å². The van der Waals surface area contributed by atoms with Gasteiger partial charge in [-0.05, 0) is 31.5 Å². The number of halogens is 1. The number of rotatable bonds is 6. The largest absolute Gasteiger partial charge is 0.466 e. The van der Waals surface area contributed by atoms with E-state index in [2.05, 4.69) is 21.2 Å². The zero-order valence-corrected chi connectivity index (χ0v) is 13.2. The molecule has 1 unspecified atom stereocenters. The van der Waals surface area contributed by atoms with E-state index in [1.54, 1.807) is 26.0 Å². The number of hydrogen-bond acceptors (Lipinski definition) is 4. The highest BCUT2D eigenvalue weighted by Gasteiger charge is 2.30. The first-order valence-corrected chi connectivity index (χ1v) is 7.16. The van der Waals surface area contributed by atoms with Gasteiger partial charge >= 0.3 is 5.97 Å². The topological polar surface area (TPSA) is 81.4 Å². The Bertz CT molecular complexity index is 472. The van der Waals surface area contributed by atoms with E-state index in [4.69, 9.17) is 10.5 Å². The van der Waals surface area contributed by atoms with Crippen LogP contribution >= 0.6 is 15.9 Å². The number of nitrogens with one attached hydrogen (secondary N) is 1. The van der Waals surface area contributed by atoms with Crippen LogP contribution in [0.3, 0.4) is 0 Å². The number of amides is 1. The van der Waals surface area contributed by atoms with Crippen molar-refractivity contribution in [2.75, 3.05) is 13.2 Å². The highest BCUT2D eigenvalue weighted by atomic mass is 79.9. The maximum absolute atomic E-state index is 12.1. The number of carbonyl (C=O) groups excluding carboxylic acids is 2. The van der Waals surface area contributed by atoms with E-state index in [9.17, 15) is 9.59 Å². The number of nitrogens with two attached hydrogens (primary N) is 1. The lowest BCUT2D eigenvalue weighted by Gasteiger charge is -2.24. The fourth-order valence-corrected chi connectivity index (χ4v) is 1.89. The number of benzene rings is 1. The van der Waals surface area contributed by atoms with Gasteiger partial charge in [0.15, 0.2) is 0 Å². The molecular formula is C14H19BrN2O3. The zero-order valence-electron chi connectivity index (χ0n) is 11.6. The number of ether oxygens (including phenoxy) is 1. The molecule has 0 aliphatic heterocycles. The second kappa shape index (κ2) is 7.40. The molecular weight excluding hydrogens is 324 g/mol. The third-order valence-electron chi connectivity index (χ3n) is 2.84. The predicted octanol–water partition coefficient (Wildman–Crippen LogP) is 1.69. The monoisotopic (exact) mass is 342 g/mol.